The Bertz CT molecular complexity index is 735. The second kappa shape index (κ2) is 7.38. The summed E-state index contributed by atoms with van der Waals surface area (Å²) in [6.45, 7) is 9.65. The van der Waals surface area contributed by atoms with E-state index in [2.05, 4.69) is 20.1 Å². The standard InChI is InChI=1S/C20H21ClO2/c1-5-7-14-10-17(20(22)18(21)11-14)15-8-9-19(23-4)16(12-15)13(3)6-2/h5-6,8-13,22H,1-2,7H2,3-4H3/t13-/m1/s1. The van der Waals surface area contributed by atoms with E-state index >= 15 is 0 Å². The molecule has 0 aromatic heterocycles. The molecule has 1 atom stereocenters. The summed E-state index contributed by atoms with van der Waals surface area (Å²) in [5.41, 5.74) is 3.62. The number of aromatic hydroxyl groups is 1. The van der Waals surface area contributed by atoms with Crippen LogP contribution in [-0.2, 0) is 6.42 Å². The number of methoxy groups -OCH3 is 1. The molecule has 2 rings (SSSR count). The van der Waals surface area contributed by atoms with Gasteiger partial charge in [0, 0.05) is 17.0 Å². The largest absolute Gasteiger partial charge is 0.506 e. The van der Waals surface area contributed by atoms with Gasteiger partial charge in [0.05, 0.1) is 12.1 Å². The van der Waals surface area contributed by atoms with Gasteiger partial charge in [0.1, 0.15) is 11.5 Å². The number of hydrogen-bond acceptors (Lipinski definition) is 2. The Labute approximate surface area is 142 Å². The average Bonchev–Trinajstić information content (AvgIpc) is 2.57. The molecule has 0 heterocycles. The van der Waals surface area contributed by atoms with Crippen molar-refractivity contribution < 1.29 is 9.84 Å². The fourth-order valence-electron chi connectivity index (χ4n) is 2.54. The van der Waals surface area contributed by atoms with Gasteiger partial charge in [-0.1, -0.05) is 36.7 Å². The van der Waals surface area contributed by atoms with E-state index in [1.54, 1.807) is 13.2 Å². The van der Waals surface area contributed by atoms with Crippen LogP contribution in [0.4, 0.5) is 0 Å². The van der Waals surface area contributed by atoms with Crippen LogP contribution >= 0.6 is 11.6 Å². The van der Waals surface area contributed by atoms with Crippen molar-refractivity contribution in [3.8, 4) is 22.6 Å². The third-order valence-electron chi connectivity index (χ3n) is 3.89. The molecule has 2 nitrogen and oxygen atoms in total. The zero-order valence-corrected chi connectivity index (χ0v) is 14.2. The second-order valence-corrected chi connectivity index (χ2v) is 5.85. The lowest BCUT2D eigenvalue weighted by Gasteiger charge is -2.16. The summed E-state index contributed by atoms with van der Waals surface area (Å²) in [6, 6.07) is 9.53. The van der Waals surface area contributed by atoms with E-state index in [1.807, 2.05) is 36.4 Å². The maximum atomic E-state index is 10.3. The third kappa shape index (κ3) is 3.59. The summed E-state index contributed by atoms with van der Waals surface area (Å²) >= 11 is 6.17. The van der Waals surface area contributed by atoms with Gasteiger partial charge in [-0.25, -0.2) is 0 Å². The van der Waals surface area contributed by atoms with E-state index in [-0.39, 0.29) is 11.7 Å². The summed E-state index contributed by atoms with van der Waals surface area (Å²) in [4.78, 5) is 0. The molecule has 0 saturated heterocycles. The van der Waals surface area contributed by atoms with Gasteiger partial charge in [-0.2, -0.15) is 0 Å². The lowest BCUT2D eigenvalue weighted by Crippen LogP contribution is -1.96. The highest BCUT2D eigenvalue weighted by atomic mass is 35.5. The van der Waals surface area contributed by atoms with Crippen molar-refractivity contribution in [1.82, 2.24) is 0 Å². The van der Waals surface area contributed by atoms with Crippen LogP contribution in [0.5, 0.6) is 11.5 Å². The summed E-state index contributed by atoms with van der Waals surface area (Å²) in [5, 5.41) is 10.7. The fraction of sp³-hybridized carbons (Fsp3) is 0.200. The first-order valence-corrected chi connectivity index (χ1v) is 7.82. The Morgan fingerprint density at radius 1 is 1.26 bits per heavy atom. The highest BCUT2D eigenvalue weighted by Gasteiger charge is 2.14. The van der Waals surface area contributed by atoms with Gasteiger partial charge in [0.15, 0.2) is 0 Å². The molecule has 0 fully saturated rings. The van der Waals surface area contributed by atoms with Gasteiger partial charge in [-0.15, -0.1) is 13.2 Å². The van der Waals surface area contributed by atoms with E-state index in [4.69, 9.17) is 16.3 Å². The van der Waals surface area contributed by atoms with Gasteiger partial charge in [0.25, 0.3) is 0 Å². The monoisotopic (exact) mass is 328 g/mol. The van der Waals surface area contributed by atoms with E-state index in [0.717, 1.165) is 22.4 Å². The van der Waals surface area contributed by atoms with E-state index in [1.165, 1.54) is 0 Å². The predicted octanol–water partition coefficient (Wildman–Crippen LogP) is 5.74. The molecule has 0 amide bonds. The minimum atomic E-state index is 0.0850. The molecule has 23 heavy (non-hydrogen) atoms. The van der Waals surface area contributed by atoms with Crippen LogP contribution in [0.25, 0.3) is 11.1 Å². The van der Waals surface area contributed by atoms with Gasteiger partial charge < -0.3 is 9.84 Å². The number of hydrogen-bond donors (Lipinski definition) is 1. The number of phenols is 1. The summed E-state index contributed by atoms with van der Waals surface area (Å²) < 4.78 is 5.43. The van der Waals surface area contributed by atoms with E-state index in [9.17, 15) is 5.11 Å². The maximum absolute atomic E-state index is 10.3. The van der Waals surface area contributed by atoms with Crippen molar-refractivity contribution >= 4 is 11.6 Å². The van der Waals surface area contributed by atoms with Crippen LogP contribution in [-0.4, -0.2) is 12.2 Å². The van der Waals surface area contributed by atoms with Crippen LogP contribution in [0, 0.1) is 0 Å². The van der Waals surface area contributed by atoms with Gasteiger partial charge in [-0.3, -0.25) is 0 Å². The average molecular weight is 329 g/mol. The van der Waals surface area contributed by atoms with Crippen molar-refractivity contribution in [3.63, 3.8) is 0 Å². The minimum absolute atomic E-state index is 0.0850. The van der Waals surface area contributed by atoms with E-state index < -0.39 is 0 Å². The highest BCUT2D eigenvalue weighted by molar-refractivity contribution is 6.32. The van der Waals surface area contributed by atoms with Crippen molar-refractivity contribution in [3.05, 3.63) is 71.8 Å². The summed E-state index contributed by atoms with van der Waals surface area (Å²) in [5.74, 6) is 1.02. The lowest BCUT2D eigenvalue weighted by atomic mass is 9.94. The quantitative estimate of drug-likeness (QED) is 0.685. The molecule has 0 aliphatic rings. The molecule has 0 bridgehead atoms. The molecule has 2 aromatic rings. The molecule has 0 saturated carbocycles. The molecule has 0 aliphatic heterocycles. The molecule has 0 radical (unpaired) electrons. The predicted molar refractivity (Wildman–Crippen MR) is 97.6 cm³/mol. The maximum Gasteiger partial charge on any atom is 0.142 e. The van der Waals surface area contributed by atoms with Gasteiger partial charge >= 0.3 is 0 Å². The molecule has 3 heteroatoms. The first-order valence-electron chi connectivity index (χ1n) is 7.45. The van der Waals surface area contributed by atoms with E-state index in [0.29, 0.717) is 17.0 Å². The van der Waals surface area contributed by atoms with Crippen LogP contribution in [0.15, 0.2) is 55.6 Å². The zero-order chi connectivity index (χ0) is 17.0. The van der Waals surface area contributed by atoms with Crippen molar-refractivity contribution in [2.45, 2.75) is 19.3 Å². The fourth-order valence-corrected chi connectivity index (χ4v) is 2.79. The molecular formula is C20H21ClO2. The molecule has 2 aromatic carbocycles. The molecule has 1 N–H and O–H groups in total. The van der Waals surface area contributed by atoms with Crippen LogP contribution in [0.1, 0.15) is 24.0 Å². The Morgan fingerprint density at radius 2 is 2.00 bits per heavy atom. The van der Waals surface area contributed by atoms with Crippen molar-refractivity contribution in [2.24, 2.45) is 0 Å². The summed E-state index contributed by atoms with van der Waals surface area (Å²) in [7, 11) is 1.65. The molecule has 0 aliphatic carbocycles. The third-order valence-corrected chi connectivity index (χ3v) is 4.18. The number of ether oxygens (including phenoxy) is 1. The van der Waals surface area contributed by atoms with Gasteiger partial charge in [0.2, 0.25) is 0 Å². The van der Waals surface area contributed by atoms with Crippen LogP contribution in [0.2, 0.25) is 5.02 Å². The SMILES string of the molecule is C=CCc1cc(Cl)c(O)c(-c2ccc(OC)c([C@H](C)C=C)c2)c1. The molecule has 120 valence electrons. The highest BCUT2D eigenvalue weighted by Crippen LogP contribution is 2.39. The second-order valence-electron chi connectivity index (χ2n) is 5.45. The normalized spacial score (nSPS) is 11.8. The van der Waals surface area contributed by atoms with Crippen LogP contribution in [0.3, 0.4) is 0 Å². The number of phenolic OH excluding ortho intramolecular Hbond substituents is 1. The first kappa shape index (κ1) is 17.2. The first-order chi connectivity index (χ1) is 11.0. The minimum Gasteiger partial charge on any atom is -0.506 e. The van der Waals surface area contributed by atoms with Crippen LogP contribution < -0.4 is 4.74 Å². The summed E-state index contributed by atoms with van der Waals surface area (Å²) in [6.07, 6.45) is 4.37. The number of allylic oxidation sites excluding steroid dienone is 2. The molecule has 0 spiro atoms. The van der Waals surface area contributed by atoms with Gasteiger partial charge in [-0.05, 0) is 41.8 Å². The van der Waals surface area contributed by atoms with Crippen molar-refractivity contribution in [2.75, 3.05) is 7.11 Å². The number of benzene rings is 2. The lowest BCUT2D eigenvalue weighted by molar-refractivity contribution is 0.409. The Morgan fingerprint density at radius 3 is 2.61 bits per heavy atom. The Balaban J connectivity index is 2.62. The Hall–Kier alpha value is -2.19. The molecular weight excluding hydrogens is 308 g/mol. The smallest absolute Gasteiger partial charge is 0.142 e. The number of halogens is 1. The molecule has 0 unspecified atom stereocenters. The van der Waals surface area contributed by atoms with Crippen molar-refractivity contribution in [1.29, 1.82) is 0 Å². The zero-order valence-electron chi connectivity index (χ0n) is 13.5. The topological polar surface area (TPSA) is 29.5 Å². The Kier molecular flexibility index (Phi) is 5.51. The number of rotatable bonds is 6.